The second-order valence-corrected chi connectivity index (χ2v) is 16.1. The molecule has 0 amide bonds. The Hall–Kier alpha value is -8.48. The van der Waals surface area contributed by atoms with E-state index < -0.39 is 0 Å². The fourth-order valence-corrected chi connectivity index (χ4v) is 10.0. The van der Waals surface area contributed by atoms with E-state index in [1.165, 1.54) is 21.8 Å². The van der Waals surface area contributed by atoms with Crippen molar-refractivity contribution < 1.29 is 9.15 Å². The number of hydrogen-bond donors (Lipinski definition) is 0. The van der Waals surface area contributed by atoms with Crippen LogP contribution in [-0.2, 0) is 0 Å². The molecule has 1 aliphatic heterocycles. The molecule has 62 heavy (non-hydrogen) atoms. The van der Waals surface area contributed by atoms with E-state index in [1.807, 2.05) is 36.4 Å². The molecule has 0 unspecified atom stereocenters. The maximum absolute atomic E-state index is 7.06. The molecule has 9 aromatic carbocycles. The van der Waals surface area contributed by atoms with Crippen LogP contribution in [0.5, 0.6) is 11.5 Å². The molecule has 0 saturated carbocycles. The van der Waals surface area contributed by atoms with Gasteiger partial charge in [-0.25, -0.2) is 9.97 Å². The second-order valence-electron chi connectivity index (χ2n) is 16.1. The van der Waals surface area contributed by atoms with Crippen molar-refractivity contribution in [3.63, 3.8) is 0 Å². The van der Waals surface area contributed by atoms with Crippen LogP contribution in [0.15, 0.2) is 199 Å². The molecule has 0 bridgehead atoms. The molecule has 13 aromatic rings. The maximum atomic E-state index is 7.06. The third-order valence-electron chi connectivity index (χ3n) is 12.7. The van der Waals surface area contributed by atoms with Gasteiger partial charge in [0.1, 0.15) is 28.3 Å². The highest BCUT2D eigenvalue weighted by molar-refractivity contribution is 6.25. The van der Waals surface area contributed by atoms with E-state index in [-0.39, 0.29) is 0 Å². The number of fused-ring (bicyclic) bond motifs is 12. The lowest BCUT2D eigenvalue weighted by Gasteiger charge is -2.23. The summed E-state index contributed by atoms with van der Waals surface area (Å²) in [5.41, 5.74) is 13.9. The van der Waals surface area contributed by atoms with Crippen molar-refractivity contribution in [1.29, 1.82) is 0 Å². The monoisotopic (exact) mass is 792 g/mol. The normalized spacial score (nSPS) is 12.3. The minimum absolute atomic E-state index is 0.569. The highest BCUT2D eigenvalue weighted by Gasteiger charge is 2.27. The molecule has 0 fully saturated rings. The minimum atomic E-state index is 0.569. The molecular weight excluding hydrogens is 761 g/mol. The molecule has 288 valence electrons. The van der Waals surface area contributed by atoms with E-state index in [0.717, 1.165) is 99.8 Å². The van der Waals surface area contributed by atoms with Crippen LogP contribution >= 0.6 is 0 Å². The molecule has 0 atom stereocenters. The van der Waals surface area contributed by atoms with Crippen LogP contribution in [0.4, 0.5) is 0 Å². The minimum Gasteiger partial charge on any atom is -0.456 e. The van der Waals surface area contributed by atoms with Gasteiger partial charge in [-0.3, -0.25) is 4.57 Å². The maximum Gasteiger partial charge on any atom is 0.236 e. The standard InChI is InChI=1S/C56H32N4O2/c1-3-14-33(15-4-1)53-55-54(41-20-9-12-25-48(41)62-55)58-56(57-53)60-45-24-11-8-19-40(45)51-42-22-13-21-39-38-28-26-35(31-49(38)61-50(52(39)42)32-47(51)60)34-27-29-46-43(30-34)37-18-7-10-23-44(37)59(46)36-16-5-2-6-17-36/h1-32H. The summed E-state index contributed by atoms with van der Waals surface area (Å²) in [4.78, 5) is 10.6. The predicted octanol–water partition coefficient (Wildman–Crippen LogP) is 14.8. The average molecular weight is 793 g/mol. The van der Waals surface area contributed by atoms with Gasteiger partial charge in [0.15, 0.2) is 5.58 Å². The molecule has 0 N–H and O–H groups in total. The number of ether oxygens (including phenoxy) is 1. The zero-order valence-corrected chi connectivity index (χ0v) is 33.1. The predicted molar refractivity (Wildman–Crippen MR) is 252 cm³/mol. The highest BCUT2D eigenvalue weighted by Crippen LogP contribution is 2.51. The van der Waals surface area contributed by atoms with Crippen molar-refractivity contribution in [3.05, 3.63) is 194 Å². The summed E-state index contributed by atoms with van der Waals surface area (Å²) in [5, 5.41) is 7.87. The van der Waals surface area contributed by atoms with Gasteiger partial charge in [0.2, 0.25) is 5.95 Å². The molecule has 6 heteroatoms. The fourth-order valence-electron chi connectivity index (χ4n) is 10.0. The largest absolute Gasteiger partial charge is 0.456 e. The molecular formula is C56H32N4O2. The van der Waals surface area contributed by atoms with Crippen molar-refractivity contribution in [1.82, 2.24) is 19.1 Å². The summed E-state index contributed by atoms with van der Waals surface area (Å²) in [5.74, 6) is 2.20. The van der Waals surface area contributed by atoms with E-state index in [0.29, 0.717) is 11.5 Å². The Balaban J connectivity index is 0.971. The van der Waals surface area contributed by atoms with E-state index in [2.05, 4.69) is 167 Å². The van der Waals surface area contributed by atoms with Crippen LogP contribution in [0.1, 0.15) is 0 Å². The van der Waals surface area contributed by atoms with E-state index in [1.54, 1.807) is 0 Å². The van der Waals surface area contributed by atoms with Crippen LogP contribution < -0.4 is 4.74 Å². The van der Waals surface area contributed by atoms with Gasteiger partial charge in [-0.15, -0.1) is 0 Å². The zero-order valence-electron chi connectivity index (χ0n) is 33.1. The Morgan fingerprint density at radius 2 is 1.06 bits per heavy atom. The number of para-hydroxylation sites is 4. The molecule has 0 aliphatic carbocycles. The lowest BCUT2D eigenvalue weighted by molar-refractivity contribution is 0.488. The summed E-state index contributed by atoms with van der Waals surface area (Å²) < 4.78 is 18.1. The smallest absolute Gasteiger partial charge is 0.236 e. The molecule has 4 aromatic heterocycles. The topological polar surface area (TPSA) is 58.0 Å². The summed E-state index contributed by atoms with van der Waals surface area (Å²) in [6, 6.07) is 68.3. The molecule has 0 radical (unpaired) electrons. The summed E-state index contributed by atoms with van der Waals surface area (Å²) in [6.45, 7) is 0. The van der Waals surface area contributed by atoms with E-state index >= 15 is 0 Å². The second kappa shape index (κ2) is 12.5. The third-order valence-corrected chi connectivity index (χ3v) is 12.7. The van der Waals surface area contributed by atoms with Crippen LogP contribution in [0.3, 0.4) is 0 Å². The first-order chi connectivity index (χ1) is 30.7. The van der Waals surface area contributed by atoms with E-state index in [9.17, 15) is 0 Å². The van der Waals surface area contributed by atoms with Crippen molar-refractivity contribution in [2.75, 3.05) is 0 Å². The summed E-state index contributed by atoms with van der Waals surface area (Å²) in [7, 11) is 0. The average Bonchev–Trinajstić information content (AvgIpc) is 3.99. The molecule has 0 saturated heterocycles. The molecule has 5 heterocycles. The lowest BCUT2D eigenvalue weighted by Crippen LogP contribution is -2.03. The van der Waals surface area contributed by atoms with E-state index in [4.69, 9.17) is 19.1 Å². The first kappa shape index (κ1) is 33.4. The highest BCUT2D eigenvalue weighted by atomic mass is 16.5. The number of benzene rings is 9. The van der Waals surface area contributed by atoms with Crippen molar-refractivity contribution in [2.45, 2.75) is 0 Å². The zero-order chi connectivity index (χ0) is 40.5. The van der Waals surface area contributed by atoms with Crippen LogP contribution in [0.25, 0.3) is 122 Å². The molecule has 0 spiro atoms. The number of furan rings is 1. The quantitative estimate of drug-likeness (QED) is 0.178. The number of rotatable bonds is 4. The van der Waals surface area contributed by atoms with Crippen LogP contribution in [0, 0.1) is 0 Å². The van der Waals surface area contributed by atoms with Gasteiger partial charge in [-0.1, -0.05) is 127 Å². The molecule has 6 nitrogen and oxygen atoms in total. The Morgan fingerprint density at radius 1 is 0.387 bits per heavy atom. The van der Waals surface area contributed by atoms with Gasteiger partial charge in [-0.2, -0.15) is 0 Å². The first-order valence-corrected chi connectivity index (χ1v) is 20.9. The van der Waals surface area contributed by atoms with Gasteiger partial charge in [-0.05, 0) is 82.7 Å². The van der Waals surface area contributed by atoms with Gasteiger partial charge >= 0.3 is 0 Å². The van der Waals surface area contributed by atoms with Gasteiger partial charge in [0, 0.05) is 55.2 Å². The fraction of sp³-hybridized carbons (Fsp3) is 0. The Bertz CT molecular complexity index is 4010. The van der Waals surface area contributed by atoms with Gasteiger partial charge in [0.25, 0.3) is 0 Å². The summed E-state index contributed by atoms with van der Waals surface area (Å²) in [6.07, 6.45) is 0. The number of aromatic nitrogens is 4. The number of nitrogens with zero attached hydrogens (tertiary/aromatic N) is 4. The summed E-state index contributed by atoms with van der Waals surface area (Å²) >= 11 is 0. The Labute approximate surface area is 354 Å². The van der Waals surface area contributed by atoms with Gasteiger partial charge < -0.3 is 13.7 Å². The van der Waals surface area contributed by atoms with Crippen LogP contribution in [-0.4, -0.2) is 19.1 Å². The lowest BCUT2D eigenvalue weighted by atomic mass is 9.91. The van der Waals surface area contributed by atoms with Crippen molar-refractivity contribution in [2.24, 2.45) is 0 Å². The number of hydrogen-bond acceptors (Lipinski definition) is 4. The SMILES string of the molecule is c1ccc(-c2nc(-n3c4ccccc4c4c5cccc6c5c(cc43)Oc3cc(-c4ccc5c(c4)c4ccccc4n5-c4ccccc4)ccc3-6)nc3c2oc2ccccc23)cc1. The third kappa shape index (κ3) is 4.63. The van der Waals surface area contributed by atoms with Crippen LogP contribution in [0.2, 0.25) is 0 Å². The van der Waals surface area contributed by atoms with Crippen molar-refractivity contribution in [3.8, 4) is 56.6 Å². The Morgan fingerprint density at radius 3 is 1.92 bits per heavy atom. The van der Waals surface area contributed by atoms with Gasteiger partial charge in [0.05, 0.1) is 22.1 Å². The Kier molecular flexibility index (Phi) is 6.74. The van der Waals surface area contributed by atoms with Crippen molar-refractivity contribution >= 4 is 76.5 Å². The molecule has 14 rings (SSSR count). The first-order valence-electron chi connectivity index (χ1n) is 20.9. The molecule has 1 aliphatic rings.